The van der Waals surface area contributed by atoms with Gasteiger partial charge in [-0.05, 0) is 56.6 Å². The molecule has 1 aromatic rings. The number of hydrogen-bond acceptors (Lipinski definition) is 2. The summed E-state index contributed by atoms with van der Waals surface area (Å²) >= 11 is 0. The SMILES string of the molecule is CC1c2ccccc2C(=O)N1C1CCCCN1CC1CCCCC1. The van der Waals surface area contributed by atoms with E-state index in [2.05, 4.69) is 28.9 Å². The monoisotopic (exact) mass is 326 g/mol. The standard InChI is InChI=1S/C21H30N2O/c1-16-18-11-5-6-12-19(18)21(24)23(16)20-13-7-8-14-22(20)15-17-9-3-2-4-10-17/h5-6,11-12,16-17,20H,2-4,7-10,13-15H2,1H3. The van der Waals surface area contributed by atoms with Crippen molar-refractivity contribution < 1.29 is 4.79 Å². The van der Waals surface area contributed by atoms with Gasteiger partial charge in [0.1, 0.15) is 0 Å². The van der Waals surface area contributed by atoms with Crippen molar-refractivity contribution in [3.8, 4) is 0 Å². The second-order valence-corrected chi connectivity index (χ2v) is 7.95. The lowest BCUT2D eigenvalue weighted by Gasteiger charge is -2.44. The van der Waals surface area contributed by atoms with E-state index in [-0.39, 0.29) is 11.9 Å². The van der Waals surface area contributed by atoms with Crippen molar-refractivity contribution >= 4 is 5.91 Å². The number of amides is 1. The molecule has 24 heavy (non-hydrogen) atoms. The first-order valence-corrected chi connectivity index (χ1v) is 9.91. The molecular weight excluding hydrogens is 296 g/mol. The van der Waals surface area contributed by atoms with Crippen molar-refractivity contribution in [3.63, 3.8) is 0 Å². The van der Waals surface area contributed by atoms with Crippen LogP contribution in [0, 0.1) is 5.92 Å². The van der Waals surface area contributed by atoms with Crippen LogP contribution in [0.25, 0.3) is 0 Å². The molecule has 3 heteroatoms. The molecule has 3 aliphatic rings. The van der Waals surface area contributed by atoms with E-state index >= 15 is 0 Å². The Balaban J connectivity index is 1.53. The van der Waals surface area contributed by atoms with Crippen molar-refractivity contribution in [1.29, 1.82) is 0 Å². The maximum atomic E-state index is 13.0. The quantitative estimate of drug-likeness (QED) is 0.811. The van der Waals surface area contributed by atoms with Crippen LogP contribution >= 0.6 is 0 Å². The number of benzene rings is 1. The molecule has 0 aromatic heterocycles. The molecule has 1 amide bonds. The summed E-state index contributed by atoms with van der Waals surface area (Å²) in [5.74, 6) is 1.09. The predicted octanol–water partition coefficient (Wildman–Crippen LogP) is 4.60. The number of likely N-dealkylation sites (tertiary alicyclic amines) is 1. The Hall–Kier alpha value is -1.35. The van der Waals surface area contributed by atoms with Crippen LogP contribution in [0.15, 0.2) is 24.3 Å². The van der Waals surface area contributed by atoms with Gasteiger partial charge in [-0.25, -0.2) is 0 Å². The molecule has 0 bridgehead atoms. The average Bonchev–Trinajstić information content (AvgIpc) is 2.88. The highest BCUT2D eigenvalue weighted by Crippen LogP contribution is 2.38. The van der Waals surface area contributed by atoms with Gasteiger partial charge in [-0.3, -0.25) is 9.69 Å². The third-order valence-electron chi connectivity index (χ3n) is 6.41. The van der Waals surface area contributed by atoms with E-state index in [4.69, 9.17) is 0 Å². The number of piperidine rings is 1. The minimum atomic E-state index is 0.214. The van der Waals surface area contributed by atoms with Gasteiger partial charge < -0.3 is 4.90 Å². The van der Waals surface area contributed by atoms with E-state index in [0.29, 0.717) is 6.17 Å². The Morgan fingerprint density at radius 2 is 1.75 bits per heavy atom. The van der Waals surface area contributed by atoms with Gasteiger partial charge in [0.05, 0.1) is 12.2 Å². The fourth-order valence-corrected chi connectivity index (χ4v) is 5.12. The second kappa shape index (κ2) is 6.87. The van der Waals surface area contributed by atoms with Crippen molar-refractivity contribution in [2.75, 3.05) is 13.1 Å². The fraction of sp³-hybridized carbons (Fsp3) is 0.667. The fourth-order valence-electron chi connectivity index (χ4n) is 5.12. The first-order chi connectivity index (χ1) is 11.8. The highest BCUT2D eigenvalue weighted by Gasteiger charge is 2.41. The van der Waals surface area contributed by atoms with Crippen molar-refractivity contribution in [2.45, 2.75) is 70.5 Å². The molecule has 2 aliphatic heterocycles. The molecule has 0 radical (unpaired) electrons. The summed E-state index contributed by atoms with van der Waals surface area (Å²) in [6.07, 6.45) is 10.9. The summed E-state index contributed by atoms with van der Waals surface area (Å²) in [4.78, 5) is 17.9. The van der Waals surface area contributed by atoms with Gasteiger partial charge in [0.15, 0.2) is 0 Å². The Morgan fingerprint density at radius 3 is 2.54 bits per heavy atom. The van der Waals surface area contributed by atoms with Crippen LogP contribution < -0.4 is 0 Å². The van der Waals surface area contributed by atoms with Gasteiger partial charge in [-0.1, -0.05) is 37.5 Å². The first kappa shape index (κ1) is 16.1. The first-order valence-electron chi connectivity index (χ1n) is 9.91. The second-order valence-electron chi connectivity index (χ2n) is 7.95. The van der Waals surface area contributed by atoms with Gasteiger partial charge in [-0.2, -0.15) is 0 Å². The summed E-state index contributed by atoms with van der Waals surface area (Å²) in [5.41, 5.74) is 2.14. The molecule has 0 spiro atoms. The maximum absolute atomic E-state index is 13.0. The van der Waals surface area contributed by atoms with Crippen molar-refractivity contribution in [1.82, 2.24) is 9.80 Å². The van der Waals surface area contributed by atoms with Crippen LogP contribution in [0.2, 0.25) is 0 Å². The molecule has 2 heterocycles. The molecule has 1 aliphatic carbocycles. The zero-order valence-electron chi connectivity index (χ0n) is 14.9. The number of nitrogens with zero attached hydrogens (tertiary/aromatic N) is 2. The van der Waals surface area contributed by atoms with Crippen LogP contribution in [0.5, 0.6) is 0 Å². The topological polar surface area (TPSA) is 23.6 Å². The molecule has 2 fully saturated rings. The predicted molar refractivity (Wildman–Crippen MR) is 96.8 cm³/mol. The number of carbonyl (C=O) groups excluding carboxylic acids is 1. The minimum Gasteiger partial charge on any atom is -0.316 e. The number of hydrogen-bond donors (Lipinski definition) is 0. The van der Waals surface area contributed by atoms with Crippen LogP contribution in [0.3, 0.4) is 0 Å². The maximum Gasteiger partial charge on any atom is 0.255 e. The van der Waals surface area contributed by atoms with Crippen LogP contribution in [0.1, 0.15) is 80.3 Å². The van der Waals surface area contributed by atoms with E-state index in [1.807, 2.05) is 12.1 Å². The summed E-state index contributed by atoms with van der Waals surface area (Å²) < 4.78 is 0. The van der Waals surface area contributed by atoms with Crippen LogP contribution in [-0.2, 0) is 0 Å². The Morgan fingerprint density at radius 1 is 1.00 bits per heavy atom. The molecule has 2 unspecified atom stereocenters. The lowest BCUT2D eigenvalue weighted by molar-refractivity contribution is -0.00545. The van der Waals surface area contributed by atoms with Gasteiger partial charge in [0.25, 0.3) is 5.91 Å². The van der Waals surface area contributed by atoms with E-state index in [1.165, 1.54) is 57.1 Å². The zero-order valence-corrected chi connectivity index (χ0v) is 14.9. The molecule has 1 aromatic carbocycles. The molecule has 130 valence electrons. The Labute approximate surface area is 146 Å². The summed E-state index contributed by atoms with van der Waals surface area (Å²) in [7, 11) is 0. The molecular formula is C21H30N2O. The van der Waals surface area contributed by atoms with Crippen LogP contribution in [-0.4, -0.2) is 35.0 Å². The number of carbonyl (C=O) groups is 1. The third kappa shape index (κ3) is 2.88. The summed E-state index contributed by atoms with van der Waals surface area (Å²) in [6, 6.07) is 8.40. The van der Waals surface area contributed by atoms with Gasteiger partial charge in [-0.15, -0.1) is 0 Å². The lowest BCUT2D eigenvalue weighted by atomic mass is 9.88. The van der Waals surface area contributed by atoms with Crippen molar-refractivity contribution in [2.24, 2.45) is 5.92 Å². The third-order valence-corrected chi connectivity index (χ3v) is 6.41. The highest BCUT2D eigenvalue weighted by atomic mass is 16.2. The Bertz CT molecular complexity index is 593. The minimum absolute atomic E-state index is 0.214. The van der Waals surface area contributed by atoms with E-state index in [0.717, 1.165) is 24.4 Å². The average molecular weight is 326 g/mol. The normalized spacial score (nSPS) is 29.0. The lowest BCUT2D eigenvalue weighted by Crippen LogP contribution is -2.53. The summed E-state index contributed by atoms with van der Waals surface area (Å²) in [5, 5.41) is 0. The smallest absolute Gasteiger partial charge is 0.255 e. The van der Waals surface area contributed by atoms with Gasteiger partial charge in [0, 0.05) is 18.7 Å². The highest BCUT2D eigenvalue weighted by molar-refractivity contribution is 5.99. The van der Waals surface area contributed by atoms with Crippen LogP contribution in [0.4, 0.5) is 0 Å². The van der Waals surface area contributed by atoms with Gasteiger partial charge >= 0.3 is 0 Å². The number of rotatable bonds is 3. The molecule has 3 nitrogen and oxygen atoms in total. The van der Waals surface area contributed by atoms with Crippen molar-refractivity contribution in [3.05, 3.63) is 35.4 Å². The summed E-state index contributed by atoms with van der Waals surface area (Å²) in [6.45, 7) is 4.56. The zero-order chi connectivity index (χ0) is 16.5. The molecule has 0 N–H and O–H groups in total. The van der Waals surface area contributed by atoms with E-state index in [1.54, 1.807) is 0 Å². The largest absolute Gasteiger partial charge is 0.316 e. The van der Waals surface area contributed by atoms with E-state index in [9.17, 15) is 4.79 Å². The molecule has 1 saturated carbocycles. The molecule has 4 rings (SSSR count). The number of fused-ring (bicyclic) bond motifs is 1. The Kier molecular flexibility index (Phi) is 4.62. The van der Waals surface area contributed by atoms with E-state index < -0.39 is 0 Å². The molecule has 2 atom stereocenters. The molecule has 1 saturated heterocycles. The van der Waals surface area contributed by atoms with Gasteiger partial charge in [0.2, 0.25) is 0 Å².